The molecule has 0 bridgehead atoms. The topological polar surface area (TPSA) is 116 Å². The maximum atomic E-state index is 11.7. The van der Waals surface area contributed by atoms with E-state index in [2.05, 4.69) is 5.32 Å². The highest BCUT2D eigenvalue weighted by molar-refractivity contribution is 5.85. The highest BCUT2D eigenvalue weighted by Gasteiger charge is 2.20. The summed E-state index contributed by atoms with van der Waals surface area (Å²) in [4.78, 5) is 22.4. The number of amides is 1. The van der Waals surface area contributed by atoms with E-state index >= 15 is 0 Å². The van der Waals surface area contributed by atoms with Gasteiger partial charge in [-0.2, -0.15) is 0 Å². The van der Waals surface area contributed by atoms with Gasteiger partial charge in [-0.05, 0) is 29.2 Å². The normalized spacial score (nSPS) is 13.1. The van der Waals surface area contributed by atoms with Crippen LogP contribution in [0.3, 0.4) is 0 Å². The molecule has 7 nitrogen and oxygen atoms in total. The number of benzene rings is 2. The number of hydrogen-bond acceptors (Lipinski definition) is 5. The monoisotopic (exact) mass is 385 g/mol. The van der Waals surface area contributed by atoms with Crippen LogP contribution in [-0.2, 0) is 16.1 Å². The van der Waals surface area contributed by atoms with Crippen molar-refractivity contribution in [2.24, 2.45) is 0 Å². The fourth-order valence-corrected chi connectivity index (χ4v) is 2.55. The van der Waals surface area contributed by atoms with E-state index in [9.17, 15) is 19.8 Å². The number of carboxylic acid groups (broad SMARTS) is 1. The van der Waals surface area contributed by atoms with Gasteiger partial charge in [-0.3, -0.25) is 0 Å². The standard InChI is InChI=1S/C21H23NO6/c23-18(12-13-22-21(27)28-14-15-6-2-1-3-7-15)20(26)17-9-5-4-8-16(17)10-11-19(24)25/h1-11,18,20,23,26H,12-14H2,(H,22,27)(H,24,25)/b11-10+. The van der Waals surface area contributed by atoms with Gasteiger partial charge in [-0.15, -0.1) is 0 Å². The molecule has 0 saturated carbocycles. The van der Waals surface area contributed by atoms with Crippen molar-refractivity contribution in [3.05, 3.63) is 77.4 Å². The number of carbonyl (C=O) groups is 2. The van der Waals surface area contributed by atoms with Gasteiger partial charge in [-0.25, -0.2) is 9.59 Å². The number of aliphatic carboxylic acids is 1. The van der Waals surface area contributed by atoms with Crippen molar-refractivity contribution < 1.29 is 29.6 Å². The zero-order valence-electron chi connectivity index (χ0n) is 15.2. The Balaban J connectivity index is 1.82. The molecule has 148 valence electrons. The summed E-state index contributed by atoms with van der Waals surface area (Å²) in [6, 6.07) is 15.9. The van der Waals surface area contributed by atoms with Crippen LogP contribution in [0.25, 0.3) is 6.08 Å². The van der Waals surface area contributed by atoms with E-state index in [1.54, 1.807) is 24.3 Å². The van der Waals surface area contributed by atoms with E-state index in [0.717, 1.165) is 11.6 Å². The average Bonchev–Trinajstić information content (AvgIpc) is 2.71. The molecule has 0 aromatic heterocycles. The Morgan fingerprint density at radius 1 is 1.04 bits per heavy atom. The molecule has 7 heteroatoms. The number of ether oxygens (including phenoxy) is 1. The van der Waals surface area contributed by atoms with Gasteiger partial charge in [0, 0.05) is 12.6 Å². The van der Waals surface area contributed by atoms with Crippen molar-refractivity contribution in [3.8, 4) is 0 Å². The van der Waals surface area contributed by atoms with Gasteiger partial charge in [0.1, 0.15) is 12.7 Å². The predicted molar refractivity (Wildman–Crippen MR) is 103 cm³/mol. The average molecular weight is 385 g/mol. The van der Waals surface area contributed by atoms with Gasteiger partial charge < -0.3 is 25.4 Å². The van der Waals surface area contributed by atoms with Crippen molar-refractivity contribution in [2.45, 2.75) is 25.2 Å². The van der Waals surface area contributed by atoms with Crippen LogP contribution < -0.4 is 5.32 Å². The van der Waals surface area contributed by atoms with Crippen LogP contribution in [0.15, 0.2) is 60.7 Å². The summed E-state index contributed by atoms with van der Waals surface area (Å²) in [5, 5.41) is 31.9. The molecule has 0 spiro atoms. The number of carbonyl (C=O) groups excluding carboxylic acids is 1. The number of aliphatic hydroxyl groups is 2. The second-order valence-electron chi connectivity index (χ2n) is 6.09. The van der Waals surface area contributed by atoms with E-state index in [4.69, 9.17) is 9.84 Å². The number of hydrogen-bond donors (Lipinski definition) is 4. The molecule has 0 radical (unpaired) electrons. The lowest BCUT2D eigenvalue weighted by atomic mass is 9.97. The second kappa shape index (κ2) is 10.9. The first-order valence-corrected chi connectivity index (χ1v) is 8.78. The molecule has 0 aliphatic carbocycles. The molecule has 1 amide bonds. The molecule has 28 heavy (non-hydrogen) atoms. The van der Waals surface area contributed by atoms with Crippen LogP contribution in [0.4, 0.5) is 4.79 Å². The summed E-state index contributed by atoms with van der Waals surface area (Å²) < 4.78 is 5.07. The molecule has 2 atom stereocenters. The molecule has 0 aliphatic rings. The maximum Gasteiger partial charge on any atom is 0.407 e. The number of aliphatic hydroxyl groups excluding tert-OH is 2. The first kappa shape index (κ1) is 21.1. The van der Waals surface area contributed by atoms with E-state index < -0.39 is 24.3 Å². The highest BCUT2D eigenvalue weighted by Crippen LogP contribution is 2.23. The van der Waals surface area contributed by atoms with Crippen molar-refractivity contribution in [1.29, 1.82) is 0 Å². The minimum atomic E-state index is -1.23. The van der Waals surface area contributed by atoms with Crippen molar-refractivity contribution in [3.63, 3.8) is 0 Å². The first-order chi connectivity index (χ1) is 13.5. The Labute approximate surface area is 162 Å². The Hall–Kier alpha value is -3.16. The molecule has 2 rings (SSSR count). The van der Waals surface area contributed by atoms with E-state index in [1.165, 1.54) is 6.08 Å². The molecule has 2 aromatic rings. The smallest absolute Gasteiger partial charge is 0.407 e. The number of nitrogens with one attached hydrogen (secondary N) is 1. The Kier molecular flexibility index (Phi) is 8.20. The molecule has 0 fully saturated rings. The molecule has 2 unspecified atom stereocenters. The van der Waals surface area contributed by atoms with Crippen molar-refractivity contribution >= 4 is 18.1 Å². The SMILES string of the molecule is O=C(O)/C=C/c1ccccc1C(O)C(O)CCNC(=O)OCc1ccccc1. The van der Waals surface area contributed by atoms with Gasteiger partial charge in [0.05, 0.1) is 6.10 Å². The number of carboxylic acids is 1. The minimum absolute atomic E-state index is 0.0958. The van der Waals surface area contributed by atoms with Crippen LogP contribution >= 0.6 is 0 Å². The van der Waals surface area contributed by atoms with Crippen molar-refractivity contribution in [2.75, 3.05) is 6.54 Å². The zero-order valence-corrected chi connectivity index (χ0v) is 15.2. The van der Waals surface area contributed by atoms with Gasteiger partial charge in [0.2, 0.25) is 0 Å². The molecular formula is C21H23NO6. The summed E-state index contributed by atoms with van der Waals surface area (Å²) in [5.74, 6) is -1.11. The molecular weight excluding hydrogens is 362 g/mol. The highest BCUT2D eigenvalue weighted by atomic mass is 16.5. The lowest BCUT2D eigenvalue weighted by Gasteiger charge is -2.20. The lowest BCUT2D eigenvalue weighted by molar-refractivity contribution is -0.131. The van der Waals surface area contributed by atoms with E-state index in [1.807, 2.05) is 30.3 Å². The zero-order chi connectivity index (χ0) is 20.4. The molecule has 0 saturated heterocycles. The third kappa shape index (κ3) is 6.86. The molecule has 0 heterocycles. The van der Waals surface area contributed by atoms with Crippen LogP contribution in [0.5, 0.6) is 0 Å². The Morgan fingerprint density at radius 3 is 2.43 bits per heavy atom. The van der Waals surface area contributed by atoms with Gasteiger partial charge in [0.15, 0.2) is 0 Å². The van der Waals surface area contributed by atoms with Crippen molar-refractivity contribution in [1.82, 2.24) is 5.32 Å². The Bertz CT molecular complexity index is 806. The molecule has 4 N–H and O–H groups in total. The van der Waals surface area contributed by atoms with Crippen LogP contribution in [0.2, 0.25) is 0 Å². The van der Waals surface area contributed by atoms with E-state index in [-0.39, 0.29) is 19.6 Å². The maximum absolute atomic E-state index is 11.7. The third-order valence-corrected chi connectivity index (χ3v) is 4.01. The summed E-state index contributed by atoms with van der Waals surface area (Å²) in [6.07, 6.45) is -0.575. The summed E-state index contributed by atoms with van der Waals surface area (Å²) >= 11 is 0. The number of alkyl carbamates (subject to hydrolysis) is 1. The summed E-state index contributed by atoms with van der Waals surface area (Å²) in [6.45, 7) is 0.250. The summed E-state index contributed by atoms with van der Waals surface area (Å²) in [7, 11) is 0. The van der Waals surface area contributed by atoms with Gasteiger partial charge in [0.25, 0.3) is 0 Å². The predicted octanol–water partition coefficient (Wildman–Crippen LogP) is 2.50. The fourth-order valence-electron chi connectivity index (χ4n) is 2.55. The van der Waals surface area contributed by atoms with E-state index in [0.29, 0.717) is 11.1 Å². The quantitative estimate of drug-likeness (QED) is 0.493. The van der Waals surface area contributed by atoms with Crippen LogP contribution in [0, 0.1) is 0 Å². The van der Waals surface area contributed by atoms with Crippen LogP contribution in [0.1, 0.15) is 29.2 Å². The molecule has 0 aliphatic heterocycles. The second-order valence-corrected chi connectivity index (χ2v) is 6.09. The largest absolute Gasteiger partial charge is 0.478 e. The van der Waals surface area contributed by atoms with Crippen LogP contribution in [-0.4, -0.2) is 40.0 Å². The Morgan fingerprint density at radius 2 is 1.71 bits per heavy atom. The molecule has 2 aromatic carbocycles. The lowest BCUT2D eigenvalue weighted by Crippen LogP contribution is -2.30. The minimum Gasteiger partial charge on any atom is -0.478 e. The summed E-state index contributed by atoms with van der Waals surface area (Å²) in [5.41, 5.74) is 1.75. The number of rotatable bonds is 9. The van der Waals surface area contributed by atoms with Gasteiger partial charge in [-0.1, -0.05) is 54.6 Å². The fraction of sp³-hybridized carbons (Fsp3) is 0.238. The van der Waals surface area contributed by atoms with Gasteiger partial charge >= 0.3 is 12.1 Å². The third-order valence-electron chi connectivity index (χ3n) is 4.01. The first-order valence-electron chi connectivity index (χ1n) is 8.78.